The van der Waals surface area contributed by atoms with Gasteiger partial charge in [0.25, 0.3) is 10.0 Å². The quantitative estimate of drug-likeness (QED) is 0.525. The number of nitrogens with zero attached hydrogens (tertiary/aromatic N) is 2. The first-order valence-electron chi connectivity index (χ1n) is 11.7. The summed E-state index contributed by atoms with van der Waals surface area (Å²) in [5.74, 6) is 0. The van der Waals surface area contributed by atoms with Crippen molar-refractivity contribution in [3.63, 3.8) is 0 Å². The van der Waals surface area contributed by atoms with Crippen molar-refractivity contribution in [3.05, 3.63) is 59.1 Å². The van der Waals surface area contributed by atoms with Crippen LogP contribution in [0.1, 0.15) is 51.0 Å². The molecular formula is C25H31ClN2O4S. The molecule has 1 heterocycles. The van der Waals surface area contributed by atoms with Crippen molar-refractivity contribution >= 4 is 33.4 Å². The van der Waals surface area contributed by atoms with Gasteiger partial charge in [-0.15, -0.1) is 0 Å². The number of rotatable bonds is 6. The fourth-order valence-electron chi connectivity index (χ4n) is 4.95. The van der Waals surface area contributed by atoms with E-state index in [9.17, 15) is 13.2 Å². The van der Waals surface area contributed by atoms with E-state index < -0.39 is 16.1 Å². The van der Waals surface area contributed by atoms with Crippen LogP contribution >= 0.6 is 11.6 Å². The van der Waals surface area contributed by atoms with E-state index in [0.29, 0.717) is 23.7 Å². The van der Waals surface area contributed by atoms with Gasteiger partial charge in [0.15, 0.2) is 0 Å². The Morgan fingerprint density at radius 1 is 1.06 bits per heavy atom. The lowest BCUT2D eigenvalue weighted by molar-refractivity contribution is 0.0747. The number of carbonyl (C=O) groups excluding carboxylic acids is 1. The number of ether oxygens (including phenoxy) is 1. The molecule has 0 saturated heterocycles. The Bertz CT molecular complexity index is 1070. The third kappa shape index (κ3) is 5.14. The van der Waals surface area contributed by atoms with Gasteiger partial charge in [0.2, 0.25) is 0 Å². The molecule has 0 bridgehead atoms. The van der Waals surface area contributed by atoms with Gasteiger partial charge in [0.1, 0.15) is 6.61 Å². The molecule has 1 unspecified atom stereocenters. The fraction of sp³-hybridized carbons (Fsp3) is 0.480. The molecule has 0 spiro atoms. The van der Waals surface area contributed by atoms with Gasteiger partial charge in [0.05, 0.1) is 16.6 Å². The van der Waals surface area contributed by atoms with Crippen molar-refractivity contribution in [2.45, 2.75) is 68.8 Å². The van der Waals surface area contributed by atoms with E-state index in [0.717, 1.165) is 37.7 Å². The van der Waals surface area contributed by atoms with Crippen LogP contribution in [0, 0.1) is 0 Å². The van der Waals surface area contributed by atoms with E-state index in [-0.39, 0.29) is 23.6 Å². The number of halogens is 1. The molecule has 2 aromatic rings. The second-order valence-electron chi connectivity index (χ2n) is 8.73. The van der Waals surface area contributed by atoms with E-state index in [1.165, 1.54) is 22.9 Å². The molecule has 4 rings (SSSR count). The average molecular weight is 491 g/mol. The summed E-state index contributed by atoms with van der Waals surface area (Å²) in [5.41, 5.74) is 1.61. The number of hydrogen-bond acceptors (Lipinski definition) is 4. The number of benzene rings is 2. The Hall–Kier alpha value is -2.25. The van der Waals surface area contributed by atoms with Crippen LogP contribution in [0.5, 0.6) is 0 Å². The lowest BCUT2D eigenvalue weighted by atomic mass is 9.94. The largest absolute Gasteiger partial charge is 0.447 e. The molecule has 1 aliphatic carbocycles. The first-order valence-corrected chi connectivity index (χ1v) is 13.5. The summed E-state index contributed by atoms with van der Waals surface area (Å²) in [6, 6.07) is 13.4. The lowest BCUT2D eigenvalue weighted by Gasteiger charge is -2.38. The predicted octanol–water partition coefficient (Wildman–Crippen LogP) is 5.64. The first kappa shape index (κ1) is 23.9. The maximum Gasteiger partial charge on any atom is 0.410 e. The molecule has 2 aromatic carbocycles. The van der Waals surface area contributed by atoms with Gasteiger partial charge in [-0.25, -0.2) is 13.2 Å². The minimum Gasteiger partial charge on any atom is -0.447 e. The SMILES string of the molecule is CCN(C(=O)OCC1CCc2ccccc2N1S(=O)(=O)c1ccc(Cl)cc1)C1CCCCC1. The Balaban J connectivity index is 1.57. The molecule has 178 valence electrons. The van der Waals surface area contributed by atoms with Gasteiger partial charge >= 0.3 is 6.09 Å². The minimum absolute atomic E-state index is 0.0171. The number of aryl methyl sites for hydroxylation is 1. The molecule has 1 amide bonds. The molecule has 33 heavy (non-hydrogen) atoms. The number of amides is 1. The molecule has 8 heteroatoms. The van der Waals surface area contributed by atoms with E-state index in [2.05, 4.69) is 0 Å². The standard InChI is InChI=1S/C25H31ClN2O4S/c1-2-27(21-9-4-3-5-10-21)25(29)32-18-22-15-12-19-8-6-7-11-24(19)28(22)33(30,31)23-16-13-20(26)14-17-23/h6-8,11,13-14,16-17,21-22H,2-5,9-10,12,15,18H2,1H3. The van der Waals surface area contributed by atoms with Crippen LogP contribution in [0.4, 0.5) is 10.5 Å². The van der Waals surface area contributed by atoms with E-state index in [1.807, 2.05) is 31.2 Å². The van der Waals surface area contributed by atoms with Crippen molar-refractivity contribution in [3.8, 4) is 0 Å². The normalized spacial score (nSPS) is 19.1. The molecule has 1 fully saturated rings. The van der Waals surface area contributed by atoms with Crippen LogP contribution in [0.25, 0.3) is 0 Å². The minimum atomic E-state index is -3.87. The van der Waals surface area contributed by atoms with E-state index in [4.69, 9.17) is 16.3 Å². The van der Waals surface area contributed by atoms with E-state index in [1.54, 1.807) is 17.0 Å². The molecular weight excluding hydrogens is 460 g/mol. The van der Waals surface area contributed by atoms with Gasteiger partial charge < -0.3 is 9.64 Å². The number of hydrogen-bond donors (Lipinski definition) is 0. The summed E-state index contributed by atoms with van der Waals surface area (Å²) < 4.78 is 34.5. The summed E-state index contributed by atoms with van der Waals surface area (Å²) in [6.07, 6.45) is 6.40. The molecule has 0 radical (unpaired) electrons. The number of carbonyl (C=O) groups is 1. The molecule has 6 nitrogen and oxygen atoms in total. The van der Waals surface area contributed by atoms with Crippen LogP contribution in [0.3, 0.4) is 0 Å². The summed E-state index contributed by atoms with van der Waals surface area (Å²) >= 11 is 5.98. The van der Waals surface area contributed by atoms with Crippen LogP contribution in [0.2, 0.25) is 5.02 Å². The first-order chi connectivity index (χ1) is 15.9. The smallest absolute Gasteiger partial charge is 0.410 e. The van der Waals surface area contributed by atoms with Crippen LogP contribution in [-0.2, 0) is 21.2 Å². The van der Waals surface area contributed by atoms with Crippen LogP contribution in [-0.4, -0.2) is 44.6 Å². The van der Waals surface area contributed by atoms with Gasteiger partial charge in [0, 0.05) is 17.6 Å². The number of fused-ring (bicyclic) bond motifs is 1. The van der Waals surface area contributed by atoms with Gasteiger partial charge in [-0.05, 0) is 68.5 Å². The summed E-state index contributed by atoms with van der Waals surface area (Å²) in [7, 11) is -3.87. The highest BCUT2D eigenvalue weighted by atomic mass is 35.5. The zero-order chi connectivity index (χ0) is 23.4. The Morgan fingerprint density at radius 3 is 2.45 bits per heavy atom. The second kappa shape index (κ2) is 10.3. The summed E-state index contributed by atoms with van der Waals surface area (Å²) in [4.78, 5) is 14.9. The highest BCUT2D eigenvalue weighted by Crippen LogP contribution is 2.36. The number of anilines is 1. The van der Waals surface area contributed by atoms with Gasteiger partial charge in [-0.3, -0.25) is 4.31 Å². The Kier molecular flexibility index (Phi) is 7.49. The zero-order valence-corrected chi connectivity index (χ0v) is 20.5. The molecule has 0 aromatic heterocycles. The Morgan fingerprint density at radius 2 is 1.76 bits per heavy atom. The highest BCUT2D eigenvalue weighted by molar-refractivity contribution is 7.92. The summed E-state index contributed by atoms with van der Waals surface area (Å²) in [6.45, 7) is 2.57. The predicted molar refractivity (Wildman–Crippen MR) is 130 cm³/mol. The molecule has 1 aliphatic heterocycles. The average Bonchev–Trinajstić information content (AvgIpc) is 2.83. The molecule has 2 aliphatic rings. The van der Waals surface area contributed by atoms with Crippen LogP contribution < -0.4 is 4.31 Å². The van der Waals surface area contributed by atoms with Crippen molar-refractivity contribution in [1.82, 2.24) is 4.90 Å². The highest BCUT2D eigenvalue weighted by Gasteiger charge is 2.37. The second-order valence-corrected chi connectivity index (χ2v) is 11.0. The zero-order valence-electron chi connectivity index (χ0n) is 19.0. The molecule has 0 N–H and O–H groups in total. The van der Waals surface area contributed by atoms with Crippen molar-refractivity contribution in [1.29, 1.82) is 0 Å². The van der Waals surface area contributed by atoms with Crippen molar-refractivity contribution < 1.29 is 17.9 Å². The topological polar surface area (TPSA) is 66.9 Å². The third-order valence-corrected chi connectivity index (χ3v) is 8.80. The Labute approximate surface area is 201 Å². The third-order valence-electron chi connectivity index (χ3n) is 6.67. The number of para-hydroxylation sites is 1. The summed E-state index contributed by atoms with van der Waals surface area (Å²) in [5, 5.41) is 0.473. The molecule has 1 atom stereocenters. The van der Waals surface area contributed by atoms with E-state index >= 15 is 0 Å². The maximum atomic E-state index is 13.7. The van der Waals surface area contributed by atoms with Crippen molar-refractivity contribution in [2.75, 3.05) is 17.5 Å². The van der Waals surface area contributed by atoms with Crippen LogP contribution in [0.15, 0.2) is 53.4 Å². The molecule has 1 saturated carbocycles. The van der Waals surface area contributed by atoms with Gasteiger partial charge in [-0.1, -0.05) is 49.1 Å². The number of sulfonamides is 1. The lowest BCUT2D eigenvalue weighted by Crippen LogP contribution is -2.48. The fourth-order valence-corrected chi connectivity index (χ4v) is 6.78. The maximum absolute atomic E-state index is 13.7. The van der Waals surface area contributed by atoms with Crippen molar-refractivity contribution in [2.24, 2.45) is 0 Å². The monoisotopic (exact) mass is 490 g/mol. The van der Waals surface area contributed by atoms with Gasteiger partial charge in [-0.2, -0.15) is 0 Å².